The molecule has 1 amide bonds. The number of anilines is 1. The fraction of sp³-hybridized carbons (Fsp3) is 0.300. The Hall–Kier alpha value is -0.920. The van der Waals surface area contributed by atoms with Gasteiger partial charge in [-0.25, -0.2) is 0 Å². The van der Waals surface area contributed by atoms with E-state index < -0.39 is 0 Å². The van der Waals surface area contributed by atoms with Crippen molar-refractivity contribution in [2.75, 3.05) is 11.1 Å². The second-order valence-electron chi connectivity index (χ2n) is 3.19. The average Bonchev–Trinajstić information content (AvgIpc) is 2.88. The lowest BCUT2D eigenvalue weighted by molar-refractivity contribution is 0.103. The van der Waals surface area contributed by atoms with Gasteiger partial charge in [-0.15, -0.1) is 21.5 Å². The van der Waals surface area contributed by atoms with Gasteiger partial charge < -0.3 is 0 Å². The molecule has 0 spiro atoms. The Labute approximate surface area is 111 Å². The molecule has 0 saturated heterocycles. The highest BCUT2D eigenvalue weighted by Gasteiger charge is 2.13. The highest BCUT2D eigenvalue weighted by Crippen LogP contribution is 2.26. The maximum absolute atomic E-state index is 11.9. The molecule has 0 atom stereocenters. The first kappa shape index (κ1) is 12.5. The third-order valence-electron chi connectivity index (χ3n) is 1.96. The van der Waals surface area contributed by atoms with E-state index in [0.717, 1.165) is 20.5 Å². The van der Waals surface area contributed by atoms with E-state index in [1.807, 2.05) is 18.4 Å². The van der Waals surface area contributed by atoms with E-state index in [1.54, 1.807) is 11.8 Å². The number of rotatable bonds is 4. The van der Waals surface area contributed by atoms with Gasteiger partial charge in [0, 0.05) is 0 Å². The number of thioether (sulfide) groups is 1. The van der Waals surface area contributed by atoms with Crippen molar-refractivity contribution in [3.8, 4) is 0 Å². The van der Waals surface area contributed by atoms with Crippen molar-refractivity contribution < 1.29 is 4.79 Å². The molecule has 0 saturated carbocycles. The quantitative estimate of drug-likeness (QED) is 0.692. The number of nitrogens with one attached hydrogen (secondary N) is 1. The number of hydrogen-bond donors (Lipinski definition) is 1. The number of aryl methyl sites for hydroxylation is 1. The first-order valence-electron chi connectivity index (χ1n) is 5.02. The minimum Gasteiger partial charge on any atom is -0.296 e. The summed E-state index contributed by atoms with van der Waals surface area (Å²) in [5.41, 5.74) is 0.986. The molecule has 17 heavy (non-hydrogen) atoms. The highest BCUT2D eigenvalue weighted by molar-refractivity contribution is 8.01. The van der Waals surface area contributed by atoms with Crippen molar-refractivity contribution in [3.05, 3.63) is 21.9 Å². The molecular formula is C10H11N3OS3. The number of nitrogens with zero attached hydrogens (tertiary/aromatic N) is 2. The summed E-state index contributed by atoms with van der Waals surface area (Å²) in [4.78, 5) is 12.6. The van der Waals surface area contributed by atoms with Crippen LogP contribution in [0.4, 0.5) is 5.13 Å². The van der Waals surface area contributed by atoms with Crippen molar-refractivity contribution >= 4 is 45.5 Å². The van der Waals surface area contributed by atoms with Crippen LogP contribution in [0, 0.1) is 6.92 Å². The smallest absolute Gasteiger partial charge is 0.267 e. The number of amides is 1. The Morgan fingerprint density at radius 2 is 2.35 bits per heavy atom. The maximum Gasteiger partial charge on any atom is 0.267 e. The van der Waals surface area contributed by atoms with E-state index in [0.29, 0.717) is 5.13 Å². The lowest BCUT2D eigenvalue weighted by Crippen LogP contribution is -2.10. The van der Waals surface area contributed by atoms with E-state index in [-0.39, 0.29) is 5.91 Å². The number of aromatic nitrogens is 2. The van der Waals surface area contributed by atoms with Gasteiger partial charge in [-0.05, 0) is 29.7 Å². The zero-order valence-corrected chi connectivity index (χ0v) is 11.8. The van der Waals surface area contributed by atoms with Crippen molar-refractivity contribution in [3.63, 3.8) is 0 Å². The molecule has 2 rings (SSSR count). The van der Waals surface area contributed by atoms with Crippen LogP contribution >= 0.6 is 34.4 Å². The fourth-order valence-corrected chi connectivity index (χ4v) is 3.67. The standard InChI is InChI=1S/C10H11N3OS3/c1-3-15-10-13-12-9(17-10)11-8(14)7-6(2)4-5-16-7/h4-5H,3H2,1-2H3,(H,11,12,14). The van der Waals surface area contributed by atoms with Gasteiger partial charge in [-0.2, -0.15) is 0 Å². The Morgan fingerprint density at radius 3 is 3.00 bits per heavy atom. The van der Waals surface area contributed by atoms with Gasteiger partial charge in [0.05, 0.1) is 4.88 Å². The Kier molecular flexibility index (Phi) is 4.14. The van der Waals surface area contributed by atoms with Gasteiger partial charge in [-0.3, -0.25) is 10.1 Å². The molecule has 2 aromatic heterocycles. The second-order valence-corrected chi connectivity index (χ2v) is 6.60. The summed E-state index contributed by atoms with van der Waals surface area (Å²) in [6.07, 6.45) is 0. The van der Waals surface area contributed by atoms with Gasteiger partial charge in [0.15, 0.2) is 4.34 Å². The molecule has 0 aliphatic carbocycles. The molecule has 0 aromatic carbocycles. The molecular weight excluding hydrogens is 274 g/mol. The molecule has 0 unspecified atom stereocenters. The van der Waals surface area contributed by atoms with Crippen LogP contribution in [-0.4, -0.2) is 21.9 Å². The van der Waals surface area contributed by atoms with Crippen molar-refractivity contribution in [1.29, 1.82) is 0 Å². The predicted molar refractivity (Wildman–Crippen MR) is 73.3 cm³/mol. The third kappa shape index (κ3) is 3.05. The van der Waals surface area contributed by atoms with Crippen LogP contribution in [0.25, 0.3) is 0 Å². The summed E-state index contributed by atoms with van der Waals surface area (Å²) in [6.45, 7) is 3.98. The number of carbonyl (C=O) groups is 1. The van der Waals surface area contributed by atoms with E-state index in [9.17, 15) is 4.79 Å². The second kappa shape index (κ2) is 5.61. The SMILES string of the molecule is CCSc1nnc(NC(=O)c2sccc2C)s1. The summed E-state index contributed by atoms with van der Waals surface area (Å²) < 4.78 is 0.880. The molecule has 4 nitrogen and oxygen atoms in total. The predicted octanol–water partition coefficient (Wildman–Crippen LogP) is 3.27. The van der Waals surface area contributed by atoms with E-state index in [2.05, 4.69) is 22.4 Å². The molecule has 0 fully saturated rings. The molecule has 7 heteroatoms. The van der Waals surface area contributed by atoms with E-state index in [4.69, 9.17) is 0 Å². The van der Waals surface area contributed by atoms with Gasteiger partial charge in [0.2, 0.25) is 5.13 Å². The topological polar surface area (TPSA) is 54.9 Å². The van der Waals surface area contributed by atoms with Crippen molar-refractivity contribution in [2.45, 2.75) is 18.2 Å². The van der Waals surface area contributed by atoms with Gasteiger partial charge >= 0.3 is 0 Å². The molecule has 2 heterocycles. The molecule has 0 aliphatic rings. The number of thiophene rings is 1. The van der Waals surface area contributed by atoms with Gasteiger partial charge in [0.25, 0.3) is 5.91 Å². The lowest BCUT2D eigenvalue weighted by atomic mass is 10.3. The van der Waals surface area contributed by atoms with Gasteiger partial charge in [-0.1, -0.05) is 30.0 Å². The summed E-state index contributed by atoms with van der Waals surface area (Å²) in [5, 5.41) is 13.1. The third-order valence-corrected chi connectivity index (χ3v) is 4.83. The number of carbonyl (C=O) groups excluding carboxylic acids is 1. The average molecular weight is 285 g/mol. The maximum atomic E-state index is 11.9. The van der Waals surface area contributed by atoms with Crippen LogP contribution in [0.2, 0.25) is 0 Å². The first-order chi connectivity index (χ1) is 8.20. The largest absolute Gasteiger partial charge is 0.296 e. The van der Waals surface area contributed by atoms with Gasteiger partial charge in [0.1, 0.15) is 0 Å². The van der Waals surface area contributed by atoms with Crippen LogP contribution in [0.1, 0.15) is 22.2 Å². The molecule has 90 valence electrons. The van der Waals surface area contributed by atoms with E-state index in [1.165, 1.54) is 22.7 Å². The fourth-order valence-electron chi connectivity index (χ4n) is 1.20. The van der Waals surface area contributed by atoms with Crippen LogP contribution in [0.3, 0.4) is 0 Å². The summed E-state index contributed by atoms with van der Waals surface area (Å²) in [5.74, 6) is 0.841. The molecule has 2 aromatic rings. The minimum atomic E-state index is -0.110. The summed E-state index contributed by atoms with van der Waals surface area (Å²) >= 11 is 4.46. The Balaban J connectivity index is 2.05. The normalized spacial score (nSPS) is 10.5. The Bertz CT molecular complexity index is 520. The first-order valence-corrected chi connectivity index (χ1v) is 7.70. The summed E-state index contributed by atoms with van der Waals surface area (Å²) in [6, 6.07) is 1.93. The minimum absolute atomic E-state index is 0.110. The molecule has 0 radical (unpaired) electrons. The monoisotopic (exact) mass is 285 g/mol. The van der Waals surface area contributed by atoms with Crippen molar-refractivity contribution in [1.82, 2.24) is 10.2 Å². The molecule has 1 N–H and O–H groups in total. The van der Waals surface area contributed by atoms with Crippen LogP contribution < -0.4 is 5.32 Å². The highest BCUT2D eigenvalue weighted by atomic mass is 32.2. The zero-order chi connectivity index (χ0) is 12.3. The number of hydrogen-bond acceptors (Lipinski definition) is 6. The lowest BCUT2D eigenvalue weighted by Gasteiger charge is -1.98. The van der Waals surface area contributed by atoms with Crippen LogP contribution in [0.15, 0.2) is 15.8 Å². The Morgan fingerprint density at radius 1 is 1.53 bits per heavy atom. The molecule has 0 aliphatic heterocycles. The summed E-state index contributed by atoms with van der Waals surface area (Å²) in [7, 11) is 0. The van der Waals surface area contributed by atoms with Crippen LogP contribution in [-0.2, 0) is 0 Å². The van der Waals surface area contributed by atoms with E-state index >= 15 is 0 Å². The molecule has 0 bridgehead atoms. The zero-order valence-electron chi connectivity index (χ0n) is 9.39. The van der Waals surface area contributed by atoms with Crippen LogP contribution in [0.5, 0.6) is 0 Å². The van der Waals surface area contributed by atoms with Crippen molar-refractivity contribution in [2.24, 2.45) is 0 Å².